The molecule has 0 spiro atoms. The van der Waals surface area contributed by atoms with E-state index in [9.17, 15) is 4.79 Å². The lowest BCUT2D eigenvalue weighted by Crippen LogP contribution is -2.17. The van der Waals surface area contributed by atoms with Crippen LogP contribution < -0.4 is 5.32 Å². The van der Waals surface area contributed by atoms with Crippen LogP contribution in [0, 0.1) is 0 Å². The minimum atomic E-state index is -0.0203. The molecular weight excluding hydrogens is 182 g/mol. The maximum absolute atomic E-state index is 11.4. The van der Waals surface area contributed by atoms with Crippen LogP contribution in [0.15, 0.2) is 29.6 Å². The van der Waals surface area contributed by atoms with Crippen LogP contribution in [0.2, 0.25) is 0 Å². The van der Waals surface area contributed by atoms with E-state index in [0.717, 1.165) is 15.6 Å². The molecule has 66 valence electrons. The van der Waals surface area contributed by atoms with Gasteiger partial charge in [0.15, 0.2) is 0 Å². The third kappa shape index (κ3) is 1.31. The molecule has 3 heteroatoms. The zero-order chi connectivity index (χ0) is 9.26. The second-order valence-electron chi connectivity index (χ2n) is 2.72. The van der Waals surface area contributed by atoms with Crippen LogP contribution in [0.3, 0.4) is 0 Å². The van der Waals surface area contributed by atoms with Crippen molar-refractivity contribution in [3.8, 4) is 0 Å². The van der Waals surface area contributed by atoms with E-state index in [1.165, 1.54) is 0 Å². The Labute approximate surface area is 80.2 Å². The fraction of sp³-hybridized carbons (Fsp3) is 0.100. The lowest BCUT2D eigenvalue weighted by atomic mass is 10.1. The Kier molecular flexibility index (Phi) is 2.02. The molecule has 1 heterocycles. The van der Waals surface area contributed by atoms with Gasteiger partial charge in [-0.05, 0) is 22.9 Å². The van der Waals surface area contributed by atoms with Gasteiger partial charge in [0.25, 0.3) is 5.91 Å². The zero-order valence-corrected chi connectivity index (χ0v) is 8.02. The van der Waals surface area contributed by atoms with Gasteiger partial charge in [-0.15, -0.1) is 11.3 Å². The first-order chi connectivity index (χ1) is 6.33. The number of hydrogen-bond donors (Lipinski definition) is 1. The van der Waals surface area contributed by atoms with Crippen LogP contribution in [-0.4, -0.2) is 13.0 Å². The molecule has 0 aliphatic rings. The monoisotopic (exact) mass is 191 g/mol. The molecule has 0 fully saturated rings. The van der Waals surface area contributed by atoms with Crippen molar-refractivity contribution in [2.45, 2.75) is 0 Å². The molecule has 0 bridgehead atoms. The number of carbonyl (C=O) groups excluding carboxylic acids is 1. The number of benzene rings is 1. The molecule has 0 radical (unpaired) electrons. The summed E-state index contributed by atoms with van der Waals surface area (Å²) in [7, 11) is 1.65. The van der Waals surface area contributed by atoms with Crippen molar-refractivity contribution >= 4 is 27.3 Å². The first-order valence-corrected chi connectivity index (χ1v) is 4.89. The molecule has 2 aromatic rings. The maximum atomic E-state index is 11.4. The van der Waals surface area contributed by atoms with E-state index in [2.05, 4.69) is 5.32 Å². The van der Waals surface area contributed by atoms with Crippen molar-refractivity contribution < 1.29 is 4.79 Å². The number of hydrogen-bond acceptors (Lipinski definition) is 2. The van der Waals surface area contributed by atoms with Gasteiger partial charge in [-0.2, -0.15) is 0 Å². The van der Waals surface area contributed by atoms with E-state index >= 15 is 0 Å². The van der Waals surface area contributed by atoms with Gasteiger partial charge in [-0.1, -0.05) is 12.1 Å². The minimum Gasteiger partial charge on any atom is -0.355 e. The van der Waals surface area contributed by atoms with E-state index < -0.39 is 0 Å². The number of amides is 1. The van der Waals surface area contributed by atoms with Gasteiger partial charge in [0.05, 0.1) is 5.56 Å². The summed E-state index contributed by atoms with van der Waals surface area (Å²) in [4.78, 5) is 11.4. The fourth-order valence-corrected chi connectivity index (χ4v) is 2.22. The molecule has 0 atom stereocenters. The number of thiophene rings is 1. The van der Waals surface area contributed by atoms with Gasteiger partial charge >= 0.3 is 0 Å². The second kappa shape index (κ2) is 3.18. The van der Waals surface area contributed by atoms with E-state index in [-0.39, 0.29) is 5.91 Å². The van der Waals surface area contributed by atoms with Gasteiger partial charge in [0, 0.05) is 11.7 Å². The summed E-state index contributed by atoms with van der Waals surface area (Å²) in [5.41, 5.74) is 0.759. The topological polar surface area (TPSA) is 29.1 Å². The molecule has 1 aromatic carbocycles. The van der Waals surface area contributed by atoms with Crippen molar-refractivity contribution in [3.05, 3.63) is 35.2 Å². The summed E-state index contributed by atoms with van der Waals surface area (Å²) < 4.78 is 1.06. The average molecular weight is 191 g/mol. The Morgan fingerprint density at radius 1 is 1.38 bits per heavy atom. The standard InChI is InChI=1S/C10H9NOS/c1-11-10(12)8-4-2-3-7-5-6-13-9(7)8/h2-6H,1H3,(H,11,12). The van der Waals surface area contributed by atoms with E-state index in [1.54, 1.807) is 18.4 Å². The molecule has 13 heavy (non-hydrogen) atoms. The summed E-state index contributed by atoms with van der Waals surface area (Å²) in [6.07, 6.45) is 0. The van der Waals surface area contributed by atoms with Gasteiger partial charge < -0.3 is 5.32 Å². The largest absolute Gasteiger partial charge is 0.355 e. The van der Waals surface area contributed by atoms with Crippen molar-refractivity contribution in [2.24, 2.45) is 0 Å². The highest BCUT2D eigenvalue weighted by atomic mass is 32.1. The predicted molar refractivity (Wildman–Crippen MR) is 55.2 cm³/mol. The summed E-state index contributed by atoms with van der Waals surface area (Å²) in [5, 5.41) is 5.76. The normalized spacial score (nSPS) is 10.2. The molecule has 2 rings (SSSR count). The lowest BCUT2D eigenvalue weighted by molar-refractivity contribution is 0.0965. The van der Waals surface area contributed by atoms with Crippen molar-refractivity contribution in [1.29, 1.82) is 0 Å². The summed E-state index contributed by atoms with van der Waals surface area (Å²) >= 11 is 1.60. The Hall–Kier alpha value is -1.35. The molecule has 2 nitrogen and oxygen atoms in total. The second-order valence-corrected chi connectivity index (χ2v) is 3.64. The average Bonchev–Trinajstić information content (AvgIpc) is 2.63. The Morgan fingerprint density at radius 3 is 3.00 bits per heavy atom. The molecule has 0 aliphatic carbocycles. The Morgan fingerprint density at radius 2 is 2.23 bits per heavy atom. The highest BCUT2D eigenvalue weighted by molar-refractivity contribution is 7.17. The molecule has 0 saturated carbocycles. The fourth-order valence-electron chi connectivity index (χ4n) is 1.31. The van der Waals surface area contributed by atoms with Crippen LogP contribution in [-0.2, 0) is 0 Å². The number of nitrogens with one attached hydrogen (secondary N) is 1. The highest BCUT2D eigenvalue weighted by Gasteiger charge is 2.07. The van der Waals surface area contributed by atoms with Gasteiger partial charge in [0.1, 0.15) is 0 Å². The third-order valence-corrected chi connectivity index (χ3v) is 2.91. The SMILES string of the molecule is CNC(=O)c1cccc2ccsc12. The third-order valence-electron chi connectivity index (χ3n) is 1.95. The van der Waals surface area contributed by atoms with Crippen LogP contribution >= 0.6 is 11.3 Å². The van der Waals surface area contributed by atoms with Crippen LogP contribution in [0.5, 0.6) is 0 Å². The number of fused-ring (bicyclic) bond motifs is 1. The minimum absolute atomic E-state index is 0.0203. The summed E-state index contributed by atoms with van der Waals surface area (Å²) in [5.74, 6) is -0.0203. The zero-order valence-electron chi connectivity index (χ0n) is 7.20. The lowest BCUT2D eigenvalue weighted by Gasteiger charge is -2.00. The molecule has 0 unspecified atom stereocenters. The predicted octanol–water partition coefficient (Wildman–Crippen LogP) is 2.26. The van der Waals surface area contributed by atoms with Gasteiger partial charge in [-0.25, -0.2) is 0 Å². The molecule has 0 saturated heterocycles. The first-order valence-electron chi connectivity index (χ1n) is 4.01. The molecule has 1 amide bonds. The van der Waals surface area contributed by atoms with Crippen LogP contribution in [0.1, 0.15) is 10.4 Å². The molecular formula is C10H9NOS. The first kappa shape index (κ1) is 8.26. The number of carbonyl (C=O) groups is 1. The van der Waals surface area contributed by atoms with E-state index in [0.29, 0.717) is 0 Å². The highest BCUT2D eigenvalue weighted by Crippen LogP contribution is 2.24. The van der Waals surface area contributed by atoms with Gasteiger partial charge in [0.2, 0.25) is 0 Å². The van der Waals surface area contributed by atoms with Gasteiger partial charge in [-0.3, -0.25) is 4.79 Å². The maximum Gasteiger partial charge on any atom is 0.252 e. The van der Waals surface area contributed by atoms with Crippen molar-refractivity contribution in [3.63, 3.8) is 0 Å². The van der Waals surface area contributed by atoms with E-state index in [1.807, 2.05) is 29.6 Å². The van der Waals surface area contributed by atoms with Crippen LogP contribution in [0.25, 0.3) is 10.1 Å². The number of rotatable bonds is 1. The summed E-state index contributed by atoms with van der Waals surface area (Å²) in [6.45, 7) is 0. The molecule has 1 N–H and O–H groups in total. The summed E-state index contributed by atoms with van der Waals surface area (Å²) in [6, 6.07) is 7.78. The smallest absolute Gasteiger partial charge is 0.252 e. The van der Waals surface area contributed by atoms with Crippen molar-refractivity contribution in [2.75, 3.05) is 7.05 Å². The Bertz CT molecular complexity index is 447. The molecule has 0 aliphatic heterocycles. The van der Waals surface area contributed by atoms with E-state index in [4.69, 9.17) is 0 Å². The van der Waals surface area contributed by atoms with Crippen molar-refractivity contribution in [1.82, 2.24) is 5.32 Å². The Balaban J connectivity index is 2.67. The van der Waals surface area contributed by atoms with Crippen LogP contribution in [0.4, 0.5) is 0 Å². The molecule has 1 aromatic heterocycles. The quantitative estimate of drug-likeness (QED) is 0.736.